The Balaban J connectivity index is 1.58. The predicted octanol–water partition coefficient (Wildman–Crippen LogP) is 4.62. The molecule has 0 spiro atoms. The average Bonchev–Trinajstić information content (AvgIpc) is 3.39. The number of fused-ring (bicyclic) bond motifs is 1. The van der Waals surface area contributed by atoms with Gasteiger partial charge in [-0.25, -0.2) is 4.39 Å². The van der Waals surface area contributed by atoms with Gasteiger partial charge >= 0.3 is 0 Å². The molecule has 1 aliphatic heterocycles. The van der Waals surface area contributed by atoms with E-state index in [0.717, 1.165) is 42.4 Å². The molecule has 0 bridgehead atoms. The van der Waals surface area contributed by atoms with Crippen LogP contribution in [0.15, 0.2) is 41.4 Å². The first-order valence-corrected chi connectivity index (χ1v) is 10.6. The number of hydrogen-bond acceptors (Lipinski definition) is 3. The summed E-state index contributed by atoms with van der Waals surface area (Å²) in [6, 6.07) is 10.1. The Morgan fingerprint density at radius 3 is 2.63 bits per heavy atom. The van der Waals surface area contributed by atoms with Crippen molar-refractivity contribution in [2.75, 3.05) is 7.05 Å². The SMILES string of the molecule is CN=CC=C(N)c1ccc(Cc2cc3c(c(F)c2C)CN(C2CCCC2)C3=O)cc1. The van der Waals surface area contributed by atoms with Gasteiger partial charge in [-0.1, -0.05) is 37.1 Å². The standard InChI is InChI=1S/C25H28FN3O/c1-16-19(13-17-7-9-18(10-8-17)23(27)11-12-28-2)14-21-22(24(16)26)15-29(25(21)30)20-5-3-4-6-20/h7-12,14,20H,3-6,13,15,27H2,1-2H3. The molecule has 0 aromatic heterocycles. The zero-order valence-electron chi connectivity index (χ0n) is 17.6. The molecule has 1 fully saturated rings. The van der Waals surface area contributed by atoms with Gasteiger partial charge in [0.2, 0.25) is 0 Å². The number of carbonyl (C=O) groups is 1. The second-order valence-corrected chi connectivity index (χ2v) is 8.28. The number of aliphatic imine (C=N–C) groups is 1. The highest BCUT2D eigenvalue weighted by Gasteiger charge is 2.36. The summed E-state index contributed by atoms with van der Waals surface area (Å²) in [5.74, 6) is -0.234. The maximum Gasteiger partial charge on any atom is 0.254 e. The second-order valence-electron chi connectivity index (χ2n) is 8.28. The van der Waals surface area contributed by atoms with E-state index in [1.54, 1.807) is 19.3 Å². The number of carbonyl (C=O) groups excluding carboxylic acids is 1. The van der Waals surface area contributed by atoms with Crippen LogP contribution in [0, 0.1) is 12.7 Å². The molecule has 4 nitrogen and oxygen atoms in total. The van der Waals surface area contributed by atoms with Crippen molar-refractivity contribution in [3.63, 3.8) is 0 Å². The third-order valence-corrected chi connectivity index (χ3v) is 6.39. The molecule has 5 heteroatoms. The lowest BCUT2D eigenvalue weighted by Gasteiger charge is -2.23. The van der Waals surface area contributed by atoms with Crippen molar-refractivity contribution in [2.24, 2.45) is 10.7 Å². The monoisotopic (exact) mass is 405 g/mol. The number of allylic oxidation sites excluding steroid dienone is 1. The topological polar surface area (TPSA) is 58.7 Å². The maximum atomic E-state index is 15.2. The molecule has 4 rings (SSSR count). The molecule has 0 radical (unpaired) electrons. The second kappa shape index (κ2) is 8.42. The first-order valence-electron chi connectivity index (χ1n) is 10.6. The van der Waals surface area contributed by atoms with E-state index in [4.69, 9.17) is 5.73 Å². The molecule has 0 saturated heterocycles. The smallest absolute Gasteiger partial charge is 0.254 e. The van der Waals surface area contributed by atoms with E-state index < -0.39 is 0 Å². The quantitative estimate of drug-likeness (QED) is 0.738. The van der Waals surface area contributed by atoms with Crippen molar-refractivity contribution in [3.05, 3.63) is 75.6 Å². The van der Waals surface area contributed by atoms with Crippen molar-refractivity contribution in [1.29, 1.82) is 0 Å². The zero-order chi connectivity index (χ0) is 21.3. The molecule has 1 heterocycles. The van der Waals surface area contributed by atoms with Gasteiger partial charge in [0.25, 0.3) is 5.91 Å². The van der Waals surface area contributed by atoms with Crippen LogP contribution in [-0.4, -0.2) is 30.1 Å². The molecule has 1 aliphatic carbocycles. The third kappa shape index (κ3) is 3.76. The van der Waals surface area contributed by atoms with Gasteiger partial charge in [-0.3, -0.25) is 9.79 Å². The van der Waals surface area contributed by atoms with Crippen LogP contribution in [-0.2, 0) is 13.0 Å². The van der Waals surface area contributed by atoms with Gasteiger partial charge in [0.05, 0.1) is 0 Å². The summed E-state index contributed by atoms with van der Waals surface area (Å²) in [7, 11) is 1.70. The van der Waals surface area contributed by atoms with Crippen LogP contribution in [0.4, 0.5) is 4.39 Å². The van der Waals surface area contributed by atoms with Crippen LogP contribution in [0.5, 0.6) is 0 Å². The molecule has 30 heavy (non-hydrogen) atoms. The van der Waals surface area contributed by atoms with E-state index in [-0.39, 0.29) is 17.8 Å². The number of benzene rings is 2. The van der Waals surface area contributed by atoms with Crippen molar-refractivity contribution in [1.82, 2.24) is 4.90 Å². The van der Waals surface area contributed by atoms with Crippen molar-refractivity contribution >= 4 is 17.8 Å². The Hall–Kier alpha value is -2.95. The largest absolute Gasteiger partial charge is 0.398 e. The number of nitrogens with zero attached hydrogens (tertiary/aromatic N) is 2. The summed E-state index contributed by atoms with van der Waals surface area (Å²) in [5, 5.41) is 0. The number of nitrogens with two attached hydrogens (primary N) is 1. The van der Waals surface area contributed by atoms with Crippen LogP contribution in [0.3, 0.4) is 0 Å². The van der Waals surface area contributed by atoms with Gasteiger partial charge in [0.15, 0.2) is 0 Å². The fourth-order valence-electron chi connectivity index (χ4n) is 4.58. The number of halogens is 1. The molecule has 0 unspecified atom stereocenters. The highest BCUT2D eigenvalue weighted by atomic mass is 19.1. The first kappa shape index (κ1) is 20.3. The van der Waals surface area contributed by atoms with E-state index in [1.165, 1.54) is 0 Å². The van der Waals surface area contributed by atoms with E-state index >= 15 is 4.39 Å². The minimum Gasteiger partial charge on any atom is -0.398 e. The Morgan fingerprint density at radius 2 is 1.97 bits per heavy atom. The maximum absolute atomic E-state index is 15.2. The Labute approximate surface area is 177 Å². The van der Waals surface area contributed by atoms with Gasteiger partial charge in [-0.15, -0.1) is 0 Å². The Bertz CT molecular complexity index is 1020. The molecule has 2 aliphatic rings. The summed E-state index contributed by atoms with van der Waals surface area (Å²) >= 11 is 0. The van der Waals surface area contributed by atoms with E-state index in [9.17, 15) is 4.79 Å². The summed E-state index contributed by atoms with van der Waals surface area (Å²) in [6.07, 6.45) is 8.36. The number of hydrogen-bond donors (Lipinski definition) is 1. The summed E-state index contributed by atoms with van der Waals surface area (Å²) in [4.78, 5) is 18.8. The third-order valence-electron chi connectivity index (χ3n) is 6.39. The summed E-state index contributed by atoms with van der Waals surface area (Å²) in [6.45, 7) is 2.22. The lowest BCUT2D eigenvalue weighted by Crippen LogP contribution is -2.33. The molecule has 0 atom stereocenters. The van der Waals surface area contributed by atoms with Crippen LogP contribution < -0.4 is 5.73 Å². The fraction of sp³-hybridized carbons (Fsp3) is 0.360. The minimum atomic E-state index is -0.223. The number of rotatable bonds is 5. The van der Waals surface area contributed by atoms with Gasteiger partial charge < -0.3 is 10.6 Å². The lowest BCUT2D eigenvalue weighted by molar-refractivity contribution is 0.0706. The minimum absolute atomic E-state index is 0.0112. The van der Waals surface area contributed by atoms with Crippen molar-refractivity contribution < 1.29 is 9.18 Å². The molecular weight excluding hydrogens is 377 g/mol. The normalized spacial score (nSPS) is 17.4. The fourth-order valence-corrected chi connectivity index (χ4v) is 4.58. The van der Waals surface area contributed by atoms with E-state index in [2.05, 4.69) is 4.99 Å². The molecule has 1 amide bonds. The Morgan fingerprint density at radius 1 is 1.27 bits per heavy atom. The highest BCUT2D eigenvalue weighted by molar-refractivity contribution is 5.99. The predicted molar refractivity (Wildman–Crippen MR) is 119 cm³/mol. The Kier molecular flexibility index (Phi) is 5.71. The van der Waals surface area contributed by atoms with Crippen molar-refractivity contribution in [3.8, 4) is 0 Å². The molecule has 156 valence electrons. The zero-order valence-corrected chi connectivity index (χ0v) is 17.6. The van der Waals surface area contributed by atoms with E-state index in [0.29, 0.717) is 35.4 Å². The van der Waals surface area contributed by atoms with Crippen LogP contribution in [0.25, 0.3) is 5.70 Å². The van der Waals surface area contributed by atoms with Gasteiger partial charge in [-0.2, -0.15) is 0 Å². The van der Waals surface area contributed by atoms with Crippen molar-refractivity contribution in [2.45, 2.75) is 51.6 Å². The van der Waals surface area contributed by atoms with Gasteiger partial charge in [-0.05, 0) is 60.6 Å². The molecule has 1 saturated carbocycles. The molecule has 2 aromatic rings. The average molecular weight is 406 g/mol. The van der Waals surface area contributed by atoms with Crippen LogP contribution in [0.1, 0.15) is 63.9 Å². The first-order chi connectivity index (χ1) is 14.5. The van der Waals surface area contributed by atoms with Crippen LogP contribution in [0.2, 0.25) is 0 Å². The van der Waals surface area contributed by atoms with E-state index in [1.807, 2.05) is 42.2 Å². The van der Waals surface area contributed by atoms with Gasteiger partial charge in [0, 0.05) is 42.7 Å². The van der Waals surface area contributed by atoms with Gasteiger partial charge in [0.1, 0.15) is 5.82 Å². The molecule has 2 aromatic carbocycles. The molecule has 2 N–H and O–H groups in total. The molecular formula is C25H28FN3O. The number of amides is 1. The lowest BCUT2D eigenvalue weighted by atomic mass is 9.94. The summed E-state index contributed by atoms with van der Waals surface area (Å²) < 4.78 is 15.2. The highest BCUT2D eigenvalue weighted by Crippen LogP contribution is 2.35. The van der Waals surface area contributed by atoms with Crippen LogP contribution >= 0.6 is 0 Å². The summed E-state index contributed by atoms with van der Waals surface area (Å²) in [5.41, 5.74) is 11.3.